The van der Waals surface area contributed by atoms with Gasteiger partial charge in [-0.15, -0.1) is 10.2 Å². The van der Waals surface area contributed by atoms with Crippen molar-refractivity contribution in [2.75, 3.05) is 18.4 Å². The third-order valence-electron chi connectivity index (χ3n) is 3.50. The van der Waals surface area contributed by atoms with Crippen LogP contribution in [0, 0.1) is 0 Å². The molecule has 5 heteroatoms. The highest BCUT2D eigenvalue weighted by atomic mass is 15.2. The van der Waals surface area contributed by atoms with Crippen LogP contribution in [0.1, 0.15) is 12.8 Å². The minimum Gasteiger partial charge on any atom is -0.381 e. The summed E-state index contributed by atoms with van der Waals surface area (Å²) in [7, 11) is 1.96. The molecular formula is C14H19N5. The van der Waals surface area contributed by atoms with Crippen LogP contribution in [-0.4, -0.2) is 33.9 Å². The molecule has 5 nitrogen and oxygen atoms in total. The number of nitrogens with zero attached hydrogens (tertiary/aromatic N) is 3. The molecule has 1 fully saturated rings. The number of rotatable bonds is 3. The molecule has 2 N–H and O–H groups in total. The maximum Gasteiger partial charge on any atom is 0.163 e. The summed E-state index contributed by atoms with van der Waals surface area (Å²) in [4.78, 5) is 0. The second-order valence-electron chi connectivity index (χ2n) is 5.03. The molecule has 1 aromatic carbocycles. The Balaban J connectivity index is 1.78. The van der Waals surface area contributed by atoms with E-state index in [0.717, 1.165) is 30.2 Å². The lowest BCUT2D eigenvalue weighted by atomic mass is 10.1. The molecule has 2 heterocycles. The smallest absolute Gasteiger partial charge is 0.163 e. The largest absolute Gasteiger partial charge is 0.381 e. The molecule has 1 aromatic heterocycles. The highest BCUT2D eigenvalue weighted by Crippen LogP contribution is 2.21. The molecule has 0 amide bonds. The Kier molecular flexibility index (Phi) is 3.46. The van der Waals surface area contributed by atoms with Crippen LogP contribution in [0.15, 0.2) is 30.6 Å². The van der Waals surface area contributed by atoms with Gasteiger partial charge < -0.3 is 15.2 Å². The Labute approximate surface area is 113 Å². The van der Waals surface area contributed by atoms with E-state index in [-0.39, 0.29) is 0 Å². The van der Waals surface area contributed by atoms with Gasteiger partial charge in [0, 0.05) is 30.9 Å². The van der Waals surface area contributed by atoms with Gasteiger partial charge in [0.2, 0.25) is 0 Å². The van der Waals surface area contributed by atoms with E-state index in [1.54, 1.807) is 6.33 Å². The first-order valence-corrected chi connectivity index (χ1v) is 6.74. The molecule has 100 valence electrons. The molecule has 0 saturated carbocycles. The first kappa shape index (κ1) is 12.2. The molecule has 0 radical (unpaired) electrons. The molecule has 0 spiro atoms. The molecule has 1 saturated heterocycles. The van der Waals surface area contributed by atoms with Crippen molar-refractivity contribution >= 4 is 5.69 Å². The zero-order chi connectivity index (χ0) is 13.1. The number of nitrogens with one attached hydrogen (secondary N) is 2. The average Bonchev–Trinajstić information content (AvgIpc) is 2.86. The number of piperidine rings is 1. The van der Waals surface area contributed by atoms with Crippen LogP contribution < -0.4 is 10.6 Å². The topological polar surface area (TPSA) is 54.8 Å². The van der Waals surface area contributed by atoms with E-state index in [9.17, 15) is 0 Å². The Morgan fingerprint density at radius 1 is 1.42 bits per heavy atom. The van der Waals surface area contributed by atoms with Crippen LogP contribution >= 0.6 is 0 Å². The average molecular weight is 257 g/mol. The number of aryl methyl sites for hydroxylation is 1. The van der Waals surface area contributed by atoms with Gasteiger partial charge in [-0.3, -0.25) is 0 Å². The number of hydrogen-bond acceptors (Lipinski definition) is 4. The van der Waals surface area contributed by atoms with E-state index < -0.39 is 0 Å². The van der Waals surface area contributed by atoms with E-state index in [1.165, 1.54) is 12.8 Å². The maximum atomic E-state index is 4.15. The molecule has 0 aliphatic carbocycles. The zero-order valence-corrected chi connectivity index (χ0v) is 11.1. The summed E-state index contributed by atoms with van der Waals surface area (Å²) >= 11 is 0. The third kappa shape index (κ3) is 2.76. The van der Waals surface area contributed by atoms with Gasteiger partial charge in [0.1, 0.15) is 6.33 Å². The van der Waals surface area contributed by atoms with Gasteiger partial charge in [-0.05, 0) is 31.5 Å². The van der Waals surface area contributed by atoms with Gasteiger partial charge in [-0.25, -0.2) is 0 Å². The predicted molar refractivity (Wildman–Crippen MR) is 76.0 cm³/mol. The third-order valence-corrected chi connectivity index (χ3v) is 3.50. The number of benzene rings is 1. The SMILES string of the molecule is Cn1cnnc1-c1cccc(NC2CCCNC2)c1. The Hall–Kier alpha value is -1.88. The van der Waals surface area contributed by atoms with Crippen LogP contribution in [0.25, 0.3) is 11.4 Å². The quantitative estimate of drug-likeness (QED) is 0.878. The van der Waals surface area contributed by atoms with Crippen LogP contribution in [0.2, 0.25) is 0 Å². The summed E-state index contributed by atoms with van der Waals surface area (Å²) in [6, 6.07) is 8.88. The molecule has 3 rings (SSSR count). The van der Waals surface area contributed by atoms with E-state index in [2.05, 4.69) is 45.1 Å². The molecule has 1 aliphatic heterocycles. The van der Waals surface area contributed by atoms with Gasteiger partial charge in [0.05, 0.1) is 0 Å². The van der Waals surface area contributed by atoms with Crippen molar-refractivity contribution in [3.05, 3.63) is 30.6 Å². The van der Waals surface area contributed by atoms with Gasteiger partial charge >= 0.3 is 0 Å². The molecule has 2 aromatic rings. The fourth-order valence-corrected chi connectivity index (χ4v) is 2.50. The molecule has 1 aliphatic rings. The normalized spacial score (nSPS) is 19.3. The zero-order valence-electron chi connectivity index (χ0n) is 11.1. The van der Waals surface area contributed by atoms with Crippen molar-refractivity contribution in [3.63, 3.8) is 0 Å². The predicted octanol–water partition coefficient (Wildman–Crippen LogP) is 1.65. The maximum absolute atomic E-state index is 4.15. The second kappa shape index (κ2) is 5.40. The highest BCUT2D eigenvalue weighted by molar-refractivity contribution is 5.62. The fourth-order valence-electron chi connectivity index (χ4n) is 2.50. The number of hydrogen-bond donors (Lipinski definition) is 2. The molecular weight excluding hydrogens is 238 g/mol. The van der Waals surface area contributed by atoms with E-state index in [4.69, 9.17) is 0 Å². The van der Waals surface area contributed by atoms with E-state index >= 15 is 0 Å². The summed E-state index contributed by atoms with van der Waals surface area (Å²) in [6.45, 7) is 2.17. The van der Waals surface area contributed by atoms with Gasteiger partial charge in [-0.2, -0.15) is 0 Å². The summed E-state index contributed by atoms with van der Waals surface area (Å²) in [5.74, 6) is 0.894. The van der Waals surface area contributed by atoms with Crippen LogP contribution in [0.4, 0.5) is 5.69 Å². The lowest BCUT2D eigenvalue weighted by Gasteiger charge is -2.25. The van der Waals surface area contributed by atoms with E-state index in [1.807, 2.05) is 11.6 Å². The first-order chi connectivity index (χ1) is 9.33. The fraction of sp³-hybridized carbons (Fsp3) is 0.429. The summed E-state index contributed by atoms with van der Waals surface area (Å²) < 4.78 is 1.93. The van der Waals surface area contributed by atoms with Crippen molar-refractivity contribution < 1.29 is 0 Å². The van der Waals surface area contributed by atoms with E-state index in [0.29, 0.717) is 6.04 Å². The first-order valence-electron chi connectivity index (χ1n) is 6.74. The van der Waals surface area contributed by atoms with Gasteiger partial charge in [0.15, 0.2) is 5.82 Å². The van der Waals surface area contributed by atoms with Crippen molar-refractivity contribution in [1.82, 2.24) is 20.1 Å². The number of aromatic nitrogens is 3. The summed E-state index contributed by atoms with van der Waals surface area (Å²) in [5.41, 5.74) is 2.24. The van der Waals surface area contributed by atoms with Crippen LogP contribution in [0.5, 0.6) is 0 Å². The van der Waals surface area contributed by atoms with Crippen molar-refractivity contribution in [2.45, 2.75) is 18.9 Å². The van der Waals surface area contributed by atoms with Crippen LogP contribution in [-0.2, 0) is 7.05 Å². The van der Waals surface area contributed by atoms with Crippen molar-refractivity contribution in [3.8, 4) is 11.4 Å². The lowest BCUT2D eigenvalue weighted by Crippen LogP contribution is -2.38. The summed E-state index contributed by atoms with van der Waals surface area (Å²) in [5, 5.41) is 15.1. The molecule has 19 heavy (non-hydrogen) atoms. The Bertz CT molecular complexity index is 542. The molecule has 0 bridgehead atoms. The van der Waals surface area contributed by atoms with Crippen molar-refractivity contribution in [2.24, 2.45) is 7.05 Å². The molecule has 1 atom stereocenters. The summed E-state index contributed by atoms with van der Waals surface area (Å²) in [6.07, 6.45) is 4.18. The monoisotopic (exact) mass is 257 g/mol. The number of anilines is 1. The Morgan fingerprint density at radius 2 is 2.37 bits per heavy atom. The standard InChI is InChI=1S/C14H19N5/c1-19-10-16-18-14(19)11-4-2-5-12(8-11)17-13-6-3-7-15-9-13/h2,4-5,8,10,13,15,17H,3,6-7,9H2,1H3. The Morgan fingerprint density at radius 3 is 3.11 bits per heavy atom. The lowest BCUT2D eigenvalue weighted by molar-refractivity contribution is 0.480. The minimum atomic E-state index is 0.517. The highest BCUT2D eigenvalue weighted by Gasteiger charge is 2.13. The van der Waals surface area contributed by atoms with Gasteiger partial charge in [0.25, 0.3) is 0 Å². The van der Waals surface area contributed by atoms with Crippen LogP contribution in [0.3, 0.4) is 0 Å². The van der Waals surface area contributed by atoms with Crippen molar-refractivity contribution in [1.29, 1.82) is 0 Å². The molecule has 1 unspecified atom stereocenters. The van der Waals surface area contributed by atoms with Gasteiger partial charge in [-0.1, -0.05) is 12.1 Å². The second-order valence-corrected chi connectivity index (χ2v) is 5.03. The minimum absolute atomic E-state index is 0.517.